The zero-order valence-electron chi connectivity index (χ0n) is 10.3. The van der Waals surface area contributed by atoms with Crippen molar-refractivity contribution in [2.24, 2.45) is 5.92 Å². The van der Waals surface area contributed by atoms with Crippen LogP contribution in [0, 0.1) is 5.92 Å². The molecule has 1 aromatic rings. The van der Waals surface area contributed by atoms with Gasteiger partial charge in [-0.05, 0) is 19.9 Å². The summed E-state index contributed by atoms with van der Waals surface area (Å²) in [6, 6.07) is 0. The smallest absolute Gasteiger partial charge is 0.224 e. The Labute approximate surface area is 102 Å². The molecule has 17 heavy (non-hydrogen) atoms. The summed E-state index contributed by atoms with van der Waals surface area (Å²) in [6.45, 7) is 5.56. The van der Waals surface area contributed by atoms with Crippen LogP contribution in [-0.4, -0.2) is 47.0 Å². The monoisotopic (exact) mass is 236 g/mol. The molecule has 1 amide bonds. The molecule has 5 heteroatoms. The highest BCUT2D eigenvalue weighted by atomic mass is 16.1. The van der Waals surface area contributed by atoms with Crippen molar-refractivity contribution in [3.63, 3.8) is 0 Å². The number of nitrogens with zero attached hydrogens (tertiary/aromatic N) is 2. The maximum absolute atomic E-state index is 11.7. The molecule has 5 nitrogen and oxygen atoms in total. The van der Waals surface area contributed by atoms with E-state index in [1.165, 1.54) is 0 Å². The maximum atomic E-state index is 11.7. The molecule has 2 rings (SSSR count). The third-order valence-electron chi connectivity index (χ3n) is 3.21. The maximum Gasteiger partial charge on any atom is 0.224 e. The van der Waals surface area contributed by atoms with E-state index in [2.05, 4.69) is 20.2 Å². The molecule has 1 atom stereocenters. The third-order valence-corrected chi connectivity index (χ3v) is 3.21. The molecule has 0 saturated carbocycles. The third kappa shape index (κ3) is 3.30. The first-order valence-electron chi connectivity index (χ1n) is 6.28. The fourth-order valence-electron chi connectivity index (χ4n) is 2.27. The average Bonchev–Trinajstić information content (AvgIpc) is 2.98. The molecule has 1 unspecified atom stereocenters. The Morgan fingerprint density at radius 1 is 1.71 bits per heavy atom. The second-order valence-electron chi connectivity index (χ2n) is 4.47. The molecule has 1 aromatic heterocycles. The molecule has 0 radical (unpaired) electrons. The first kappa shape index (κ1) is 12.1. The lowest BCUT2D eigenvalue weighted by Crippen LogP contribution is -2.33. The van der Waals surface area contributed by atoms with Gasteiger partial charge in [0.2, 0.25) is 5.91 Å². The number of carbonyl (C=O) groups excluding carboxylic acids is 1. The summed E-state index contributed by atoms with van der Waals surface area (Å²) in [5, 5.41) is 2.89. The summed E-state index contributed by atoms with van der Waals surface area (Å²) in [5.41, 5.74) is 0. The summed E-state index contributed by atoms with van der Waals surface area (Å²) in [4.78, 5) is 21.3. The van der Waals surface area contributed by atoms with Crippen LogP contribution >= 0.6 is 0 Å². The Bertz CT molecular complexity index is 349. The Kier molecular flexibility index (Phi) is 4.14. The fourth-order valence-corrected chi connectivity index (χ4v) is 2.27. The van der Waals surface area contributed by atoms with Crippen molar-refractivity contribution in [1.82, 2.24) is 20.2 Å². The van der Waals surface area contributed by atoms with Gasteiger partial charge in [0.15, 0.2) is 0 Å². The van der Waals surface area contributed by atoms with Crippen molar-refractivity contribution in [3.8, 4) is 0 Å². The van der Waals surface area contributed by atoms with Gasteiger partial charge in [-0.3, -0.25) is 4.79 Å². The second-order valence-corrected chi connectivity index (χ2v) is 4.47. The Morgan fingerprint density at radius 3 is 3.29 bits per heavy atom. The van der Waals surface area contributed by atoms with E-state index in [4.69, 9.17) is 0 Å². The van der Waals surface area contributed by atoms with Crippen LogP contribution in [0.1, 0.15) is 19.2 Å². The lowest BCUT2D eigenvalue weighted by Gasteiger charge is -2.14. The Morgan fingerprint density at radius 2 is 2.59 bits per heavy atom. The van der Waals surface area contributed by atoms with Crippen molar-refractivity contribution < 1.29 is 4.79 Å². The molecule has 1 aliphatic heterocycles. The van der Waals surface area contributed by atoms with Crippen LogP contribution in [0.4, 0.5) is 0 Å². The average molecular weight is 236 g/mol. The zero-order chi connectivity index (χ0) is 12.1. The predicted molar refractivity (Wildman–Crippen MR) is 65.5 cm³/mol. The van der Waals surface area contributed by atoms with E-state index in [0.29, 0.717) is 0 Å². The van der Waals surface area contributed by atoms with Crippen molar-refractivity contribution in [2.75, 3.05) is 26.2 Å². The van der Waals surface area contributed by atoms with Gasteiger partial charge in [-0.15, -0.1) is 0 Å². The van der Waals surface area contributed by atoms with E-state index in [0.717, 1.165) is 44.8 Å². The van der Waals surface area contributed by atoms with Crippen molar-refractivity contribution in [3.05, 3.63) is 18.2 Å². The van der Waals surface area contributed by atoms with Crippen LogP contribution in [0.25, 0.3) is 0 Å². The molecular weight excluding hydrogens is 216 g/mol. The minimum Gasteiger partial charge on any atom is -0.356 e. The first-order chi connectivity index (χ1) is 8.29. The van der Waals surface area contributed by atoms with E-state index in [-0.39, 0.29) is 11.8 Å². The minimum atomic E-state index is 0.173. The van der Waals surface area contributed by atoms with E-state index in [1.54, 1.807) is 6.20 Å². The second kappa shape index (κ2) is 5.82. The molecule has 0 aliphatic carbocycles. The number of nitrogens with one attached hydrogen (secondary N) is 2. The number of H-pyrrole nitrogens is 1. The number of rotatable bonds is 5. The molecule has 0 aromatic carbocycles. The van der Waals surface area contributed by atoms with Crippen LogP contribution in [0.15, 0.2) is 12.4 Å². The van der Waals surface area contributed by atoms with Gasteiger partial charge in [0.05, 0.1) is 5.92 Å². The molecule has 94 valence electrons. The van der Waals surface area contributed by atoms with Crippen LogP contribution < -0.4 is 5.32 Å². The summed E-state index contributed by atoms with van der Waals surface area (Å²) in [6.07, 6.45) is 5.52. The Balaban J connectivity index is 1.72. The van der Waals surface area contributed by atoms with Crippen molar-refractivity contribution in [1.29, 1.82) is 0 Å². The summed E-state index contributed by atoms with van der Waals surface area (Å²) < 4.78 is 0. The fraction of sp³-hybridized carbons (Fsp3) is 0.667. The number of aromatic nitrogens is 2. The van der Waals surface area contributed by atoms with Crippen LogP contribution in [0.3, 0.4) is 0 Å². The first-order valence-corrected chi connectivity index (χ1v) is 6.28. The van der Waals surface area contributed by atoms with E-state index >= 15 is 0 Å². The number of carbonyl (C=O) groups is 1. The number of hydrogen-bond donors (Lipinski definition) is 2. The molecule has 1 fully saturated rings. The van der Waals surface area contributed by atoms with Crippen molar-refractivity contribution in [2.45, 2.75) is 19.8 Å². The standard InChI is InChI=1S/C12H20N4O/c1-2-13-12(17)10-3-7-16(9-10)8-4-11-14-5-6-15-11/h5-6,10H,2-4,7-9H2,1H3,(H,13,17)(H,14,15). The molecule has 0 bridgehead atoms. The van der Waals surface area contributed by atoms with Crippen LogP contribution in [0.2, 0.25) is 0 Å². The van der Waals surface area contributed by atoms with Gasteiger partial charge in [-0.2, -0.15) is 0 Å². The van der Waals surface area contributed by atoms with Gasteiger partial charge in [0, 0.05) is 38.4 Å². The number of imidazole rings is 1. The summed E-state index contributed by atoms with van der Waals surface area (Å²) in [5.74, 6) is 1.39. The zero-order valence-corrected chi connectivity index (χ0v) is 10.3. The molecule has 1 aliphatic rings. The van der Waals surface area contributed by atoms with Gasteiger partial charge in [-0.1, -0.05) is 0 Å². The highest BCUT2D eigenvalue weighted by molar-refractivity contribution is 5.79. The predicted octanol–water partition coefficient (Wildman–Crippen LogP) is 0.410. The molecule has 2 heterocycles. The molecule has 1 saturated heterocycles. The van der Waals surface area contributed by atoms with Gasteiger partial charge in [0.25, 0.3) is 0 Å². The quantitative estimate of drug-likeness (QED) is 0.778. The lowest BCUT2D eigenvalue weighted by molar-refractivity contribution is -0.124. The number of likely N-dealkylation sites (tertiary alicyclic amines) is 1. The topological polar surface area (TPSA) is 61.0 Å². The summed E-state index contributed by atoms with van der Waals surface area (Å²) >= 11 is 0. The van der Waals surface area contributed by atoms with E-state index < -0.39 is 0 Å². The lowest BCUT2D eigenvalue weighted by atomic mass is 10.1. The SMILES string of the molecule is CCNC(=O)C1CCN(CCc2ncc[nH]2)C1. The highest BCUT2D eigenvalue weighted by Gasteiger charge is 2.27. The molecular formula is C12H20N4O. The van der Waals surface area contributed by atoms with Crippen molar-refractivity contribution >= 4 is 5.91 Å². The summed E-state index contributed by atoms with van der Waals surface area (Å²) in [7, 11) is 0. The van der Waals surface area contributed by atoms with E-state index in [9.17, 15) is 4.79 Å². The molecule has 2 N–H and O–H groups in total. The van der Waals surface area contributed by atoms with Gasteiger partial charge >= 0.3 is 0 Å². The van der Waals surface area contributed by atoms with Gasteiger partial charge in [0.1, 0.15) is 5.82 Å². The highest BCUT2D eigenvalue weighted by Crippen LogP contribution is 2.16. The minimum absolute atomic E-state index is 0.173. The Hall–Kier alpha value is -1.36. The number of aromatic amines is 1. The van der Waals surface area contributed by atoms with E-state index in [1.807, 2.05) is 13.1 Å². The normalized spacial score (nSPS) is 20.6. The number of amides is 1. The van der Waals surface area contributed by atoms with Gasteiger partial charge < -0.3 is 15.2 Å². The van der Waals surface area contributed by atoms with Crippen LogP contribution in [-0.2, 0) is 11.2 Å². The van der Waals surface area contributed by atoms with Gasteiger partial charge in [-0.25, -0.2) is 4.98 Å². The molecule has 0 spiro atoms. The van der Waals surface area contributed by atoms with Crippen LogP contribution in [0.5, 0.6) is 0 Å². The largest absolute Gasteiger partial charge is 0.356 e. The number of hydrogen-bond acceptors (Lipinski definition) is 3.